The lowest BCUT2D eigenvalue weighted by Crippen LogP contribution is -2.10. The van der Waals surface area contributed by atoms with Crippen LogP contribution in [0.1, 0.15) is 78.1 Å². The van der Waals surface area contributed by atoms with Gasteiger partial charge in [0.25, 0.3) is 0 Å². The molecule has 0 radical (unpaired) electrons. The first-order valence-corrected chi connectivity index (χ1v) is 7.17. The summed E-state index contributed by atoms with van der Waals surface area (Å²) in [5, 5.41) is 0. The molecule has 100 valence electrons. The second-order valence-electron chi connectivity index (χ2n) is 4.75. The number of nitrogens with two attached hydrogens (primary N) is 1. The lowest BCUT2D eigenvalue weighted by Gasteiger charge is -2.02. The standard InChI is InChI=1S/C15H29NO/c1-3-5-6-7-8-9-10-11-12-13-15(17)14(16)4-2/h4H,3,5-13,16H2,1-2H3. The Hall–Kier alpha value is -0.790. The normalized spacial score (nSPS) is 11.8. The van der Waals surface area contributed by atoms with Crippen molar-refractivity contribution >= 4 is 5.78 Å². The molecule has 0 rings (SSSR count). The van der Waals surface area contributed by atoms with Crippen molar-refractivity contribution in [3.63, 3.8) is 0 Å². The number of unbranched alkanes of at least 4 members (excludes halogenated alkanes) is 8. The van der Waals surface area contributed by atoms with Gasteiger partial charge >= 0.3 is 0 Å². The van der Waals surface area contributed by atoms with Crippen LogP contribution in [-0.4, -0.2) is 5.78 Å². The second-order valence-corrected chi connectivity index (χ2v) is 4.75. The minimum atomic E-state index is 0.107. The van der Waals surface area contributed by atoms with Gasteiger partial charge < -0.3 is 5.73 Å². The number of hydrogen-bond acceptors (Lipinski definition) is 2. The summed E-state index contributed by atoms with van der Waals surface area (Å²) in [4.78, 5) is 11.4. The van der Waals surface area contributed by atoms with Gasteiger partial charge in [0.05, 0.1) is 5.70 Å². The Balaban J connectivity index is 3.21. The molecule has 0 aromatic heterocycles. The fourth-order valence-corrected chi connectivity index (χ4v) is 1.90. The van der Waals surface area contributed by atoms with E-state index in [0.29, 0.717) is 12.1 Å². The van der Waals surface area contributed by atoms with Gasteiger partial charge in [-0.25, -0.2) is 0 Å². The number of ketones is 1. The van der Waals surface area contributed by atoms with Gasteiger partial charge in [-0.05, 0) is 13.3 Å². The van der Waals surface area contributed by atoms with Crippen LogP contribution in [0.5, 0.6) is 0 Å². The number of carbonyl (C=O) groups excluding carboxylic acids is 1. The molecular formula is C15H29NO. The fourth-order valence-electron chi connectivity index (χ4n) is 1.90. The highest BCUT2D eigenvalue weighted by molar-refractivity contribution is 5.94. The molecule has 0 unspecified atom stereocenters. The van der Waals surface area contributed by atoms with Crippen LogP contribution >= 0.6 is 0 Å². The molecule has 0 atom stereocenters. The van der Waals surface area contributed by atoms with Crippen LogP contribution < -0.4 is 5.73 Å². The quantitative estimate of drug-likeness (QED) is 0.430. The summed E-state index contributed by atoms with van der Waals surface area (Å²) >= 11 is 0. The first-order chi connectivity index (χ1) is 8.22. The van der Waals surface area contributed by atoms with Crippen LogP contribution in [0.2, 0.25) is 0 Å². The van der Waals surface area contributed by atoms with Crippen molar-refractivity contribution in [1.82, 2.24) is 0 Å². The smallest absolute Gasteiger partial charge is 0.178 e. The highest BCUT2D eigenvalue weighted by Gasteiger charge is 2.03. The lowest BCUT2D eigenvalue weighted by molar-refractivity contribution is -0.115. The van der Waals surface area contributed by atoms with Crippen molar-refractivity contribution in [2.45, 2.75) is 78.1 Å². The Morgan fingerprint density at radius 1 is 0.941 bits per heavy atom. The maximum Gasteiger partial charge on any atom is 0.178 e. The van der Waals surface area contributed by atoms with Crippen molar-refractivity contribution in [2.24, 2.45) is 5.73 Å². The van der Waals surface area contributed by atoms with E-state index in [4.69, 9.17) is 5.73 Å². The highest BCUT2D eigenvalue weighted by atomic mass is 16.1. The van der Waals surface area contributed by atoms with Crippen molar-refractivity contribution in [2.75, 3.05) is 0 Å². The molecule has 0 aromatic carbocycles. The first kappa shape index (κ1) is 16.2. The second kappa shape index (κ2) is 11.7. The predicted octanol–water partition coefficient (Wildman–Crippen LogP) is 4.34. The molecule has 0 aliphatic carbocycles. The highest BCUT2D eigenvalue weighted by Crippen LogP contribution is 2.11. The van der Waals surface area contributed by atoms with Crippen LogP contribution in [0.15, 0.2) is 11.8 Å². The molecule has 2 nitrogen and oxygen atoms in total. The Bertz CT molecular complexity index is 221. The summed E-state index contributed by atoms with van der Waals surface area (Å²) in [6, 6.07) is 0. The van der Waals surface area contributed by atoms with Crippen LogP contribution in [0.4, 0.5) is 0 Å². The lowest BCUT2D eigenvalue weighted by atomic mass is 10.0. The first-order valence-electron chi connectivity index (χ1n) is 7.17. The molecule has 0 aliphatic rings. The van der Waals surface area contributed by atoms with E-state index in [1.807, 2.05) is 6.92 Å². The van der Waals surface area contributed by atoms with Gasteiger partial charge in [0.1, 0.15) is 0 Å². The molecule has 0 bridgehead atoms. The van der Waals surface area contributed by atoms with Crippen LogP contribution in [0.3, 0.4) is 0 Å². The minimum absolute atomic E-state index is 0.107. The van der Waals surface area contributed by atoms with E-state index in [-0.39, 0.29) is 5.78 Å². The molecule has 0 amide bonds. The molecule has 17 heavy (non-hydrogen) atoms. The molecule has 0 aliphatic heterocycles. The van der Waals surface area contributed by atoms with E-state index in [0.717, 1.165) is 12.8 Å². The minimum Gasteiger partial charge on any atom is -0.396 e. The largest absolute Gasteiger partial charge is 0.396 e. The monoisotopic (exact) mass is 239 g/mol. The van der Waals surface area contributed by atoms with E-state index in [2.05, 4.69) is 6.92 Å². The molecule has 0 saturated heterocycles. The zero-order valence-electron chi connectivity index (χ0n) is 11.6. The summed E-state index contributed by atoms with van der Waals surface area (Å²) in [5.41, 5.74) is 5.96. The van der Waals surface area contributed by atoms with Gasteiger partial charge in [-0.2, -0.15) is 0 Å². The van der Waals surface area contributed by atoms with Gasteiger partial charge in [-0.3, -0.25) is 4.79 Å². The molecule has 2 heteroatoms. The zero-order valence-corrected chi connectivity index (χ0v) is 11.6. The molecule has 0 aromatic rings. The maximum atomic E-state index is 11.4. The Labute approximate surface area is 107 Å². The van der Waals surface area contributed by atoms with Crippen molar-refractivity contribution in [3.05, 3.63) is 11.8 Å². The number of Topliss-reactive ketones (excluding diaryl/α,β-unsaturated/α-hetero) is 1. The SMILES string of the molecule is CC=C(N)C(=O)CCCCCCCCCCC. The number of allylic oxidation sites excluding steroid dienone is 2. The molecule has 0 saturated carbocycles. The summed E-state index contributed by atoms with van der Waals surface area (Å²) in [5.74, 6) is 0.107. The zero-order chi connectivity index (χ0) is 12.9. The topological polar surface area (TPSA) is 43.1 Å². The average Bonchev–Trinajstić information content (AvgIpc) is 2.35. The van der Waals surface area contributed by atoms with Crippen molar-refractivity contribution in [1.29, 1.82) is 0 Å². The Kier molecular flexibility index (Phi) is 11.1. The summed E-state index contributed by atoms with van der Waals surface area (Å²) in [6.07, 6.45) is 13.8. The van der Waals surface area contributed by atoms with Crippen molar-refractivity contribution in [3.8, 4) is 0 Å². The molecule has 0 heterocycles. The number of carbonyl (C=O) groups is 1. The van der Waals surface area contributed by atoms with Crippen LogP contribution in [-0.2, 0) is 4.79 Å². The average molecular weight is 239 g/mol. The number of hydrogen-bond donors (Lipinski definition) is 1. The Morgan fingerprint density at radius 3 is 1.88 bits per heavy atom. The third kappa shape index (κ3) is 10.1. The summed E-state index contributed by atoms with van der Waals surface area (Å²) in [7, 11) is 0. The van der Waals surface area contributed by atoms with E-state index in [1.165, 1.54) is 44.9 Å². The van der Waals surface area contributed by atoms with Gasteiger partial charge in [-0.1, -0.05) is 64.4 Å². The predicted molar refractivity (Wildman–Crippen MR) is 74.8 cm³/mol. The van der Waals surface area contributed by atoms with E-state index >= 15 is 0 Å². The molecular weight excluding hydrogens is 210 g/mol. The van der Waals surface area contributed by atoms with Gasteiger partial charge in [0, 0.05) is 6.42 Å². The van der Waals surface area contributed by atoms with E-state index in [9.17, 15) is 4.79 Å². The molecule has 0 fully saturated rings. The van der Waals surface area contributed by atoms with Gasteiger partial charge in [-0.15, -0.1) is 0 Å². The van der Waals surface area contributed by atoms with Gasteiger partial charge in [0.15, 0.2) is 5.78 Å². The van der Waals surface area contributed by atoms with Crippen LogP contribution in [0.25, 0.3) is 0 Å². The van der Waals surface area contributed by atoms with Gasteiger partial charge in [0.2, 0.25) is 0 Å². The third-order valence-electron chi connectivity index (χ3n) is 3.14. The molecule has 0 spiro atoms. The fraction of sp³-hybridized carbons (Fsp3) is 0.800. The summed E-state index contributed by atoms with van der Waals surface area (Å²) < 4.78 is 0. The van der Waals surface area contributed by atoms with E-state index < -0.39 is 0 Å². The maximum absolute atomic E-state index is 11.4. The molecule has 2 N–H and O–H groups in total. The summed E-state index contributed by atoms with van der Waals surface area (Å²) in [6.45, 7) is 4.05. The van der Waals surface area contributed by atoms with E-state index in [1.54, 1.807) is 6.08 Å². The Morgan fingerprint density at radius 2 is 1.41 bits per heavy atom. The van der Waals surface area contributed by atoms with Crippen molar-refractivity contribution < 1.29 is 4.79 Å². The van der Waals surface area contributed by atoms with Crippen LogP contribution in [0, 0.1) is 0 Å². The number of rotatable bonds is 11. The third-order valence-corrected chi connectivity index (χ3v) is 3.14.